The van der Waals surface area contributed by atoms with Gasteiger partial charge in [-0.05, 0) is 38.1 Å². The molecule has 26 heavy (non-hydrogen) atoms. The number of nitrogens with one attached hydrogen (secondary N) is 2. The van der Waals surface area contributed by atoms with Gasteiger partial charge in [-0.3, -0.25) is 9.59 Å². The van der Waals surface area contributed by atoms with Crippen LogP contribution in [0.1, 0.15) is 12.5 Å². The van der Waals surface area contributed by atoms with E-state index < -0.39 is 34.5 Å². The third-order valence-corrected chi connectivity index (χ3v) is 4.98. The number of ether oxygens (including phenoxy) is 1. The highest BCUT2D eigenvalue weighted by Crippen LogP contribution is 2.09. The molecule has 0 bridgehead atoms. The van der Waals surface area contributed by atoms with Crippen molar-refractivity contribution in [1.29, 1.82) is 0 Å². The van der Waals surface area contributed by atoms with E-state index in [-0.39, 0.29) is 4.90 Å². The van der Waals surface area contributed by atoms with Crippen molar-refractivity contribution < 1.29 is 22.7 Å². The minimum atomic E-state index is -3.85. The molecule has 0 spiro atoms. The van der Waals surface area contributed by atoms with Crippen molar-refractivity contribution in [2.75, 3.05) is 11.9 Å². The van der Waals surface area contributed by atoms with Crippen LogP contribution in [0.4, 0.5) is 5.69 Å². The van der Waals surface area contributed by atoms with E-state index in [0.29, 0.717) is 5.69 Å². The number of esters is 1. The largest absolute Gasteiger partial charge is 0.454 e. The Morgan fingerprint density at radius 1 is 1.04 bits per heavy atom. The molecule has 2 rings (SSSR count). The SMILES string of the molecule is Cc1ccc(NC(=O)COC(=O)C(C)NS(=O)(=O)c2ccccc2)cc1. The number of amides is 1. The molecule has 0 saturated heterocycles. The Hall–Kier alpha value is -2.71. The van der Waals surface area contributed by atoms with Crippen molar-refractivity contribution >= 4 is 27.6 Å². The molecule has 0 aliphatic carbocycles. The van der Waals surface area contributed by atoms with E-state index in [4.69, 9.17) is 4.74 Å². The molecule has 2 aromatic rings. The monoisotopic (exact) mass is 376 g/mol. The van der Waals surface area contributed by atoms with E-state index in [1.165, 1.54) is 19.1 Å². The predicted molar refractivity (Wildman–Crippen MR) is 97.0 cm³/mol. The third-order valence-electron chi connectivity index (χ3n) is 3.42. The molecule has 2 N–H and O–H groups in total. The number of benzene rings is 2. The lowest BCUT2D eigenvalue weighted by atomic mass is 10.2. The molecule has 2 aromatic carbocycles. The Morgan fingerprint density at radius 3 is 2.27 bits per heavy atom. The van der Waals surface area contributed by atoms with E-state index >= 15 is 0 Å². The molecule has 1 unspecified atom stereocenters. The van der Waals surface area contributed by atoms with Crippen molar-refractivity contribution in [2.24, 2.45) is 0 Å². The average molecular weight is 376 g/mol. The molecule has 7 nitrogen and oxygen atoms in total. The van der Waals surface area contributed by atoms with Gasteiger partial charge >= 0.3 is 5.97 Å². The summed E-state index contributed by atoms with van der Waals surface area (Å²) in [5.74, 6) is -1.36. The average Bonchev–Trinajstić information content (AvgIpc) is 2.62. The minimum absolute atomic E-state index is 0.0387. The van der Waals surface area contributed by atoms with Crippen LogP contribution in [0.5, 0.6) is 0 Å². The molecule has 0 radical (unpaired) electrons. The number of hydrogen-bond acceptors (Lipinski definition) is 5. The molecule has 8 heteroatoms. The standard InChI is InChI=1S/C18H20N2O5S/c1-13-8-10-15(11-9-13)19-17(21)12-25-18(22)14(2)20-26(23,24)16-6-4-3-5-7-16/h3-11,14,20H,12H2,1-2H3,(H,19,21). The molecule has 0 fully saturated rings. The van der Waals surface area contributed by atoms with E-state index in [0.717, 1.165) is 5.56 Å². The first-order valence-electron chi connectivity index (χ1n) is 7.88. The third kappa shape index (κ3) is 5.68. The van der Waals surface area contributed by atoms with Gasteiger partial charge in [-0.25, -0.2) is 8.42 Å². The van der Waals surface area contributed by atoms with Crippen LogP contribution in [0.2, 0.25) is 0 Å². The summed E-state index contributed by atoms with van der Waals surface area (Å²) in [6, 6.07) is 13.7. The summed E-state index contributed by atoms with van der Waals surface area (Å²) in [6.07, 6.45) is 0. The fourth-order valence-corrected chi connectivity index (χ4v) is 3.26. The maximum Gasteiger partial charge on any atom is 0.324 e. The first-order chi connectivity index (χ1) is 12.3. The summed E-state index contributed by atoms with van der Waals surface area (Å²) in [4.78, 5) is 23.8. The molecule has 0 aromatic heterocycles. The molecule has 138 valence electrons. The van der Waals surface area contributed by atoms with Gasteiger partial charge in [0.25, 0.3) is 5.91 Å². The topological polar surface area (TPSA) is 102 Å². The van der Waals surface area contributed by atoms with Gasteiger partial charge in [0.1, 0.15) is 6.04 Å². The van der Waals surface area contributed by atoms with Gasteiger partial charge in [0.15, 0.2) is 6.61 Å². The molecule has 1 atom stereocenters. The van der Waals surface area contributed by atoms with E-state index in [1.807, 2.05) is 19.1 Å². The van der Waals surface area contributed by atoms with Crippen molar-refractivity contribution in [2.45, 2.75) is 24.8 Å². The molecule has 0 aliphatic rings. The first-order valence-corrected chi connectivity index (χ1v) is 9.37. The molecule has 1 amide bonds. The number of anilines is 1. The normalized spacial score (nSPS) is 12.2. The summed E-state index contributed by atoms with van der Waals surface area (Å²) in [7, 11) is -3.85. The van der Waals surface area contributed by atoms with Crippen LogP contribution >= 0.6 is 0 Å². The molecular weight excluding hydrogens is 356 g/mol. The van der Waals surface area contributed by atoms with Gasteiger partial charge < -0.3 is 10.1 Å². The lowest BCUT2D eigenvalue weighted by molar-refractivity contribution is -0.148. The second-order valence-electron chi connectivity index (χ2n) is 5.68. The number of aryl methyl sites for hydroxylation is 1. The van der Waals surface area contributed by atoms with Gasteiger partial charge in [0.2, 0.25) is 10.0 Å². The zero-order valence-electron chi connectivity index (χ0n) is 14.4. The molecule has 0 heterocycles. The van der Waals surface area contributed by atoms with Crippen molar-refractivity contribution in [1.82, 2.24) is 4.72 Å². The van der Waals surface area contributed by atoms with Gasteiger partial charge in [-0.15, -0.1) is 0 Å². The zero-order valence-corrected chi connectivity index (χ0v) is 15.2. The Kier molecular flexibility index (Phi) is 6.48. The van der Waals surface area contributed by atoms with Gasteiger partial charge in [0.05, 0.1) is 4.90 Å². The lowest BCUT2D eigenvalue weighted by Crippen LogP contribution is -2.40. The summed E-state index contributed by atoms with van der Waals surface area (Å²) >= 11 is 0. The zero-order chi connectivity index (χ0) is 19.2. The Bertz CT molecular complexity index is 864. The van der Waals surface area contributed by atoms with Crippen LogP contribution in [0, 0.1) is 6.92 Å². The van der Waals surface area contributed by atoms with Crippen molar-refractivity contribution in [3.63, 3.8) is 0 Å². The Morgan fingerprint density at radius 2 is 1.65 bits per heavy atom. The maximum absolute atomic E-state index is 12.2. The summed E-state index contributed by atoms with van der Waals surface area (Å²) in [5.41, 5.74) is 1.63. The summed E-state index contributed by atoms with van der Waals surface area (Å²) in [5, 5.41) is 2.58. The molecule has 0 aliphatic heterocycles. The molecular formula is C18H20N2O5S. The number of carbonyl (C=O) groups is 2. The minimum Gasteiger partial charge on any atom is -0.454 e. The maximum atomic E-state index is 12.2. The number of carbonyl (C=O) groups excluding carboxylic acids is 2. The smallest absolute Gasteiger partial charge is 0.324 e. The van der Waals surface area contributed by atoms with Crippen molar-refractivity contribution in [3.8, 4) is 0 Å². The van der Waals surface area contributed by atoms with Crippen molar-refractivity contribution in [3.05, 3.63) is 60.2 Å². The van der Waals surface area contributed by atoms with Crippen LogP contribution in [0.15, 0.2) is 59.5 Å². The predicted octanol–water partition coefficient (Wildman–Crippen LogP) is 1.84. The highest BCUT2D eigenvalue weighted by atomic mass is 32.2. The van der Waals surface area contributed by atoms with E-state index in [9.17, 15) is 18.0 Å². The summed E-state index contributed by atoms with van der Waals surface area (Å²) < 4.78 is 31.4. The van der Waals surface area contributed by atoms with Crippen LogP contribution in [0.3, 0.4) is 0 Å². The highest BCUT2D eigenvalue weighted by Gasteiger charge is 2.23. The Labute approximate surface area is 152 Å². The van der Waals surface area contributed by atoms with Crippen LogP contribution in [-0.4, -0.2) is 32.9 Å². The quantitative estimate of drug-likeness (QED) is 0.718. The van der Waals surface area contributed by atoms with Crippen LogP contribution < -0.4 is 10.0 Å². The van der Waals surface area contributed by atoms with Crippen LogP contribution in [0.25, 0.3) is 0 Å². The number of sulfonamides is 1. The second kappa shape index (κ2) is 8.59. The first kappa shape index (κ1) is 19.6. The number of hydrogen-bond donors (Lipinski definition) is 2. The molecule has 0 saturated carbocycles. The van der Waals surface area contributed by atoms with Crippen LogP contribution in [-0.2, 0) is 24.3 Å². The lowest BCUT2D eigenvalue weighted by Gasteiger charge is -2.14. The number of rotatable bonds is 7. The fourth-order valence-electron chi connectivity index (χ4n) is 2.04. The van der Waals surface area contributed by atoms with Gasteiger partial charge in [0, 0.05) is 5.69 Å². The van der Waals surface area contributed by atoms with Gasteiger partial charge in [-0.2, -0.15) is 4.72 Å². The fraction of sp³-hybridized carbons (Fsp3) is 0.222. The van der Waals surface area contributed by atoms with Gasteiger partial charge in [-0.1, -0.05) is 35.9 Å². The van der Waals surface area contributed by atoms with E-state index in [2.05, 4.69) is 10.0 Å². The second-order valence-corrected chi connectivity index (χ2v) is 7.39. The summed E-state index contributed by atoms with van der Waals surface area (Å²) in [6.45, 7) is 2.76. The highest BCUT2D eigenvalue weighted by molar-refractivity contribution is 7.89. The van der Waals surface area contributed by atoms with E-state index in [1.54, 1.807) is 30.3 Å². The Balaban J connectivity index is 1.85.